The van der Waals surface area contributed by atoms with Gasteiger partial charge >= 0.3 is 12.1 Å². The predicted molar refractivity (Wildman–Crippen MR) is 88.4 cm³/mol. The first kappa shape index (κ1) is 17.7. The first-order valence-corrected chi connectivity index (χ1v) is 7.56. The molecule has 0 aliphatic heterocycles. The van der Waals surface area contributed by atoms with Crippen molar-refractivity contribution in [2.24, 2.45) is 0 Å². The van der Waals surface area contributed by atoms with E-state index in [4.69, 9.17) is 4.74 Å². The van der Waals surface area contributed by atoms with Gasteiger partial charge in [-0.3, -0.25) is 0 Å². The van der Waals surface area contributed by atoms with Crippen molar-refractivity contribution in [2.75, 3.05) is 0 Å². The maximum atomic E-state index is 13.9. The van der Waals surface area contributed by atoms with Crippen LogP contribution in [0.3, 0.4) is 0 Å². The van der Waals surface area contributed by atoms with E-state index in [1.54, 1.807) is 45.0 Å². The third-order valence-electron chi connectivity index (χ3n) is 3.37. The van der Waals surface area contributed by atoms with Gasteiger partial charge in [-0.05, 0) is 37.8 Å². The zero-order valence-electron chi connectivity index (χ0n) is 13.8. The summed E-state index contributed by atoms with van der Waals surface area (Å²) in [6.07, 6.45) is -0.781. The number of carbonyl (C=O) groups excluding carboxylic acids is 1. The number of carboxylic acids is 1. The van der Waals surface area contributed by atoms with E-state index >= 15 is 0 Å². The van der Waals surface area contributed by atoms with Gasteiger partial charge < -0.3 is 15.2 Å². The summed E-state index contributed by atoms with van der Waals surface area (Å²) in [6, 6.07) is 8.47. The number of halogens is 1. The third kappa shape index (κ3) is 4.44. The van der Waals surface area contributed by atoms with Crippen LogP contribution in [-0.2, 0) is 16.0 Å². The van der Waals surface area contributed by atoms with Gasteiger partial charge in [-0.1, -0.05) is 30.3 Å². The Hall–Kier alpha value is -2.63. The molecular weight excluding hydrogens is 313 g/mol. The molecule has 24 heavy (non-hydrogen) atoms. The Bertz CT molecular complexity index is 767. The van der Waals surface area contributed by atoms with Gasteiger partial charge in [-0.15, -0.1) is 0 Å². The summed E-state index contributed by atoms with van der Waals surface area (Å²) in [5.74, 6) is -1.56. The highest BCUT2D eigenvalue weighted by Crippen LogP contribution is 2.23. The Morgan fingerprint density at radius 3 is 2.38 bits per heavy atom. The van der Waals surface area contributed by atoms with Crippen LogP contribution in [0.5, 0.6) is 0 Å². The van der Waals surface area contributed by atoms with Crippen molar-refractivity contribution in [3.8, 4) is 0 Å². The highest BCUT2D eigenvalue weighted by atomic mass is 19.1. The lowest BCUT2D eigenvalue weighted by Gasteiger charge is -2.22. The molecular formula is C18H20FNO4. The van der Waals surface area contributed by atoms with Gasteiger partial charge in [-0.25, -0.2) is 14.0 Å². The molecule has 0 aromatic heterocycles. The zero-order chi connectivity index (χ0) is 17.9. The second-order valence-corrected chi connectivity index (χ2v) is 6.49. The molecule has 2 N–H and O–H groups in total. The molecule has 0 saturated carbocycles. The molecule has 1 atom stereocenters. The van der Waals surface area contributed by atoms with Crippen LogP contribution in [0.2, 0.25) is 0 Å². The minimum atomic E-state index is -1.19. The monoisotopic (exact) mass is 333 g/mol. The van der Waals surface area contributed by atoms with Crippen LogP contribution in [-0.4, -0.2) is 28.8 Å². The summed E-state index contributed by atoms with van der Waals surface area (Å²) in [5, 5.41) is 12.7. The van der Waals surface area contributed by atoms with E-state index in [1.807, 2.05) is 0 Å². The SMILES string of the molecule is CC(C)(C)OC(=O)N[C@H](Cc1ccc(F)c2ccccc12)C(=O)O. The molecule has 1 amide bonds. The number of hydrogen-bond donors (Lipinski definition) is 2. The van der Waals surface area contributed by atoms with Crippen molar-refractivity contribution < 1.29 is 23.8 Å². The topological polar surface area (TPSA) is 75.6 Å². The number of rotatable bonds is 4. The molecule has 0 aliphatic carbocycles. The zero-order valence-corrected chi connectivity index (χ0v) is 13.8. The first-order chi connectivity index (χ1) is 11.2. The van der Waals surface area contributed by atoms with Crippen molar-refractivity contribution in [1.29, 1.82) is 0 Å². The van der Waals surface area contributed by atoms with E-state index in [0.29, 0.717) is 16.3 Å². The van der Waals surface area contributed by atoms with Gasteiger partial charge in [-0.2, -0.15) is 0 Å². The minimum absolute atomic E-state index is 0.0232. The Morgan fingerprint density at radius 1 is 1.17 bits per heavy atom. The van der Waals surface area contributed by atoms with Gasteiger partial charge in [0.2, 0.25) is 0 Å². The number of carbonyl (C=O) groups is 2. The molecule has 0 unspecified atom stereocenters. The number of nitrogens with one attached hydrogen (secondary N) is 1. The van der Waals surface area contributed by atoms with E-state index in [-0.39, 0.29) is 12.2 Å². The van der Waals surface area contributed by atoms with Gasteiger partial charge in [0.1, 0.15) is 17.5 Å². The standard InChI is InChI=1S/C18H20FNO4/c1-18(2,3)24-17(23)20-15(16(21)22)10-11-8-9-14(19)13-7-5-4-6-12(11)13/h4-9,15H,10H2,1-3H3,(H,20,23)(H,21,22)/t15-/m1/s1. The Balaban J connectivity index is 2.24. The molecule has 0 spiro atoms. The Kier molecular flexibility index (Phi) is 5.07. The van der Waals surface area contributed by atoms with Crippen molar-refractivity contribution in [3.05, 3.63) is 47.8 Å². The van der Waals surface area contributed by atoms with E-state index < -0.39 is 23.7 Å². The summed E-state index contributed by atoms with van der Waals surface area (Å²) >= 11 is 0. The molecule has 5 nitrogen and oxygen atoms in total. The van der Waals surface area contributed by atoms with Crippen LogP contribution in [0.4, 0.5) is 9.18 Å². The fourth-order valence-corrected chi connectivity index (χ4v) is 2.37. The molecule has 2 aromatic rings. The molecule has 0 fully saturated rings. The van der Waals surface area contributed by atoms with Crippen LogP contribution in [0, 0.1) is 5.82 Å². The largest absolute Gasteiger partial charge is 0.480 e. The first-order valence-electron chi connectivity index (χ1n) is 7.56. The summed E-state index contributed by atoms with van der Waals surface area (Å²) < 4.78 is 18.9. The van der Waals surface area contributed by atoms with E-state index in [1.165, 1.54) is 12.1 Å². The van der Waals surface area contributed by atoms with Gasteiger partial charge in [0.25, 0.3) is 0 Å². The van der Waals surface area contributed by atoms with E-state index in [9.17, 15) is 19.1 Å². The molecule has 0 saturated heterocycles. The fraction of sp³-hybridized carbons (Fsp3) is 0.333. The number of fused-ring (bicyclic) bond motifs is 1. The summed E-state index contributed by atoms with van der Waals surface area (Å²) in [6.45, 7) is 5.07. The molecule has 6 heteroatoms. The quantitative estimate of drug-likeness (QED) is 0.898. The molecule has 0 bridgehead atoms. The minimum Gasteiger partial charge on any atom is -0.480 e. The van der Waals surface area contributed by atoms with Crippen molar-refractivity contribution >= 4 is 22.8 Å². The van der Waals surface area contributed by atoms with Crippen molar-refractivity contribution in [2.45, 2.75) is 38.8 Å². The summed E-state index contributed by atoms with van der Waals surface area (Å²) in [5.41, 5.74) is -0.0918. The molecule has 0 aliphatic rings. The lowest BCUT2D eigenvalue weighted by Crippen LogP contribution is -2.44. The van der Waals surface area contributed by atoms with E-state index in [2.05, 4.69) is 5.32 Å². The van der Waals surface area contributed by atoms with Crippen LogP contribution in [0.1, 0.15) is 26.3 Å². The number of ether oxygens (including phenoxy) is 1. The lowest BCUT2D eigenvalue weighted by molar-refractivity contribution is -0.139. The molecule has 2 rings (SSSR count). The Labute approximate surface area is 139 Å². The predicted octanol–water partition coefficient (Wildman–Crippen LogP) is 3.50. The van der Waals surface area contributed by atoms with Crippen LogP contribution in [0.25, 0.3) is 10.8 Å². The normalized spacial score (nSPS) is 12.7. The van der Waals surface area contributed by atoms with Crippen LogP contribution in [0.15, 0.2) is 36.4 Å². The number of alkyl carbamates (subject to hydrolysis) is 1. The van der Waals surface area contributed by atoms with Crippen molar-refractivity contribution in [1.82, 2.24) is 5.32 Å². The smallest absolute Gasteiger partial charge is 0.408 e. The molecule has 128 valence electrons. The number of carboxylic acid groups (broad SMARTS) is 1. The maximum absolute atomic E-state index is 13.9. The van der Waals surface area contributed by atoms with E-state index in [0.717, 1.165) is 0 Å². The lowest BCUT2D eigenvalue weighted by atomic mass is 9.98. The Morgan fingerprint density at radius 2 is 1.79 bits per heavy atom. The van der Waals surface area contributed by atoms with Crippen molar-refractivity contribution in [3.63, 3.8) is 0 Å². The number of amides is 1. The number of hydrogen-bond acceptors (Lipinski definition) is 3. The fourth-order valence-electron chi connectivity index (χ4n) is 2.37. The average Bonchev–Trinajstić information content (AvgIpc) is 2.47. The second-order valence-electron chi connectivity index (χ2n) is 6.49. The highest BCUT2D eigenvalue weighted by Gasteiger charge is 2.25. The summed E-state index contributed by atoms with van der Waals surface area (Å²) in [7, 11) is 0. The highest BCUT2D eigenvalue weighted by molar-refractivity contribution is 5.87. The number of benzene rings is 2. The van der Waals surface area contributed by atoms with Gasteiger partial charge in [0.05, 0.1) is 0 Å². The van der Waals surface area contributed by atoms with Gasteiger partial charge in [0, 0.05) is 11.8 Å². The molecule has 0 heterocycles. The number of aliphatic carboxylic acids is 1. The van der Waals surface area contributed by atoms with Crippen LogP contribution >= 0.6 is 0 Å². The average molecular weight is 333 g/mol. The molecule has 2 aromatic carbocycles. The van der Waals surface area contributed by atoms with Crippen LogP contribution < -0.4 is 5.32 Å². The van der Waals surface area contributed by atoms with Gasteiger partial charge in [0.15, 0.2) is 0 Å². The third-order valence-corrected chi connectivity index (χ3v) is 3.37. The summed E-state index contributed by atoms with van der Waals surface area (Å²) in [4.78, 5) is 23.3. The maximum Gasteiger partial charge on any atom is 0.408 e. The molecule has 0 radical (unpaired) electrons. The second kappa shape index (κ2) is 6.86.